The molecule has 3 rings (SSSR count). The smallest absolute Gasteiger partial charge is 0.0725 e. The third-order valence-electron chi connectivity index (χ3n) is 3.68. The minimum absolute atomic E-state index is 0.162. The van der Waals surface area contributed by atoms with E-state index in [0.717, 1.165) is 29.7 Å². The van der Waals surface area contributed by atoms with Crippen LogP contribution in [0.25, 0.3) is 16.7 Å². The monoisotopic (exact) mass is 265 g/mol. The number of hydrogen-bond donors (Lipinski definition) is 2. The van der Waals surface area contributed by atoms with Gasteiger partial charge in [0.25, 0.3) is 0 Å². The van der Waals surface area contributed by atoms with Crippen LogP contribution in [0.4, 0.5) is 0 Å². The summed E-state index contributed by atoms with van der Waals surface area (Å²) < 4.78 is 0. The molecule has 0 spiro atoms. The number of aromatic amines is 1. The van der Waals surface area contributed by atoms with E-state index in [-0.39, 0.29) is 5.54 Å². The summed E-state index contributed by atoms with van der Waals surface area (Å²) in [5.41, 5.74) is 10.6. The minimum Gasteiger partial charge on any atom is -0.325 e. The molecular formula is C17H19N3. The first-order valence-corrected chi connectivity index (χ1v) is 6.90. The van der Waals surface area contributed by atoms with Gasteiger partial charge in [0.1, 0.15) is 0 Å². The Kier molecular flexibility index (Phi) is 3.28. The molecule has 1 aliphatic rings. The maximum absolute atomic E-state index is 6.22. The summed E-state index contributed by atoms with van der Waals surface area (Å²) in [6, 6.07) is 10.3. The van der Waals surface area contributed by atoms with Crippen molar-refractivity contribution in [3.63, 3.8) is 0 Å². The third kappa shape index (κ3) is 2.58. The number of nitrogens with zero attached hydrogens (tertiary/aromatic N) is 1. The van der Waals surface area contributed by atoms with Gasteiger partial charge >= 0.3 is 0 Å². The van der Waals surface area contributed by atoms with E-state index in [4.69, 9.17) is 5.73 Å². The highest BCUT2D eigenvalue weighted by atomic mass is 15.1. The van der Waals surface area contributed by atoms with Gasteiger partial charge < -0.3 is 5.73 Å². The van der Waals surface area contributed by atoms with Crippen LogP contribution in [0.5, 0.6) is 0 Å². The molecule has 0 bridgehead atoms. The molecule has 0 saturated carbocycles. The average molecular weight is 265 g/mol. The van der Waals surface area contributed by atoms with Crippen LogP contribution in [-0.2, 0) is 0 Å². The fourth-order valence-electron chi connectivity index (χ4n) is 2.48. The van der Waals surface area contributed by atoms with Gasteiger partial charge in [-0.3, -0.25) is 5.10 Å². The van der Waals surface area contributed by atoms with Crippen molar-refractivity contribution < 1.29 is 0 Å². The molecule has 0 aliphatic heterocycles. The van der Waals surface area contributed by atoms with Crippen LogP contribution in [0, 0.1) is 0 Å². The van der Waals surface area contributed by atoms with E-state index in [1.807, 2.05) is 24.4 Å². The largest absolute Gasteiger partial charge is 0.325 e. The van der Waals surface area contributed by atoms with Gasteiger partial charge in [-0.25, -0.2) is 0 Å². The molecule has 20 heavy (non-hydrogen) atoms. The number of hydrogen-bond acceptors (Lipinski definition) is 2. The maximum atomic E-state index is 6.22. The van der Waals surface area contributed by atoms with Crippen molar-refractivity contribution in [3.8, 4) is 11.1 Å². The Hall–Kier alpha value is -2.13. The van der Waals surface area contributed by atoms with Crippen LogP contribution in [0.3, 0.4) is 0 Å². The van der Waals surface area contributed by atoms with E-state index in [2.05, 4.69) is 47.5 Å². The van der Waals surface area contributed by atoms with Crippen molar-refractivity contribution in [2.24, 2.45) is 5.73 Å². The second kappa shape index (κ2) is 5.10. The van der Waals surface area contributed by atoms with E-state index in [0.29, 0.717) is 0 Å². The number of aromatic nitrogens is 2. The van der Waals surface area contributed by atoms with Crippen LogP contribution in [0.1, 0.15) is 25.5 Å². The minimum atomic E-state index is -0.162. The molecule has 1 aliphatic carbocycles. The summed E-state index contributed by atoms with van der Waals surface area (Å²) in [6.45, 7) is 2.09. The topological polar surface area (TPSA) is 54.7 Å². The lowest BCUT2D eigenvalue weighted by Crippen LogP contribution is -2.34. The summed E-state index contributed by atoms with van der Waals surface area (Å²) in [6.07, 6.45) is 10.1. The SMILES string of the molecule is CC1(N)CC=CC(c2[nH]ncc2-c2ccccc2)=CC1. The molecule has 102 valence electrons. The van der Waals surface area contributed by atoms with Gasteiger partial charge in [-0.2, -0.15) is 5.10 Å². The molecule has 0 saturated heterocycles. The molecule has 3 nitrogen and oxygen atoms in total. The van der Waals surface area contributed by atoms with Crippen LogP contribution in [-0.4, -0.2) is 15.7 Å². The average Bonchev–Trinajstić information content (AvgIpc) is 2.85. The molecule has 1 heterocycles. The normalized spacial score (nSPS) is 22.4. The first kappa shape index (κ1) is 12.9. The van der Waals surface area contributed by atoms with E-state index < -0.39 is 0 Å². The maximum Gasteiger partial charge on any atom is 0.0725 e. The highest BCUT2D eigenvalue weighted by molar-refractivity contribution is 5.83. The van der Waals surface area contributed by atoms with E-state index in [9.17, 15) is 0 Å². The number of rotatable bonds is 2. The van der Waals surface area contributed by atoms with Crippen LogP contribution >= 0.6 is 0 Å². The predicted octanol–water partition coefficient (Wildman–Crippen LogP) is 3.53. The lowest BCUT2D eigenvalue weighted by molar-refractivity contribution is 0.484. The zero-order chi connectivity index (χ0) is 14.0. The third-order valence-corrected chi connectivity index (χ3v) is 3.68. The van der Waals surface area contributed by atoms with E-state index >= 15 is 0 Å². The van der Waals surface area contributed by atoms with Gasteiger partial charge in [-0.15, -0.1) is 0 Å². The molecule has 1 unspecified atom stereocenters. The fourth-order valence-corrected chi connectivity index (χ4v) is 2.48. The fraction of sp³-hybridized carbons (Fsp3) is 0.235. The second-order valence-corrected chi connectivity index (χ2v) is 5.65. The molecule has 3 N–H and O–H groups in total. The molecule has 1 atom stereocenters. The van der Waals surface area contributed by atoms with E-state index in [1.165, 1.54) is 5.56 Å². The molecular weight excluding hydrogens is 246 g/mol. The van der Waals surface area contributed by atoms with E-state index in [1.54, 1.807) is 0 Å². The van der Waals surface area contributed by atoms with Gasteiger partial charge in [0.2, 0.25) is 0 Å². The molecule has 1 aromatic heterocycles. The van der Waals surface area contributed by atoms with Gasteiger partial charge in [-0.05, 0) is 30.9 Å². The number of nitrogens with two attached hydrogens (primary N) is 1. The molecule has 1 aromatic carbocycles. The quantitative estimate of drug-likeness (QED) is 0.872. The van der Waals surface area contributed by atoms with Crippen LogP contribution < -0.4 is 5.73 Å². The lowest BCUT2D eigenvalue weighted by atomic mass is 9.95. The number of nitrogens with one attached hydrogen (secondary N) is 1. The zero-order valence-electron chi connectivity index (χ0n) is 11.6. The number of allylic oxidation sites excluding steroid dienone is 2. The van der Waals surface area contributed by atoms with Crippen molar-refractivity contribution in [2.75, 3.05) is 0 Å². The number of H-pyrrole nitrogens is 1. The standard InChI is InChI=1S/C17H19N3/c1-17(18)10-5-8-14(9-11-17)16-15(12-19-20-16)13-6-3-2-4-7-13/h2-9,12H,10-11,18H2,1H3,(H,19,20). The summed E-state index contributed by atoms with van der Waals surface area (Å²) >= 11 is 0. The zero-order valence-corrected chi connectivity index (χ0v) is 11.6. The van der Waals surface area contributed by atoms with Gasteiger partial charge in [0.15, 0.2) is 0 Å². The van der Waals surface area contributed by atoms with Crippen molar-refractivity contribution >= 4 is 5.57 Å². The van der Waals surface area contributed by atoms with Gasteiger partial charge in [-0.1, -0.05) is 48.6 Å². The Balaban J connectivity index is 2.00. The van der Waals surface area contributed by atoms with Gasteiger partial charge in [0, 0.05) is 11.1 Å². The lowest BCUT2D eigenvalue weighted by Gasteiger charge is -2.19. The van der Waals surface area contributed by atoms with Crippen molar-refractivity contribution in [2.45, 2.75) is 25.3 Å². The molecule has 3 heteroatoms. The summed E-state index contributed by atoms with van der Waals surface area (Å²) in [4.78, 5) is 0. The molecule has 0 amide bonds. The molecule has 2 aromatic rings. The van der Waals surface area contributed by atoms with Crippen molar-refractivity contribution in [3.05, 3.63) is 60.5 Å². The van der Waals surface area contributed by atoms with Gasteiger partial charge in [0.05, 0.1) is 11.9 Å². The molecule has 0 radical (unpaired) electrons. The van der Waals surface area contributed by atoms with Crippen molar-refractivity contribution in [1.82, 2.24) is 10.2 Å². The Labute approximate surface area is 119 Å². The summed E-state index contributed by atoms with van der Waals surface area (Å²) in [5, 5.41) is 7.33. The first-order valence-electron chi connectivity index (χ1n) is 6.90. The Bertz CT molecular complexity index is 648. The second-order valence-electron chi connectivity index (χ2n) is 5.65. The Morgan fingerprint density at radius 2 is 2.00 bits per heavy atom. The summed E-state index contributed by atoms with van der Waals surface area (Å²) in [7, 11) is 0. The highest BCUT2D eigenvalue weighted by Gasteiger charge is 2.19. The summed E-state index contributed by atoms with van der Waals surface area (Å²) in [5.74, 6) is 0. The van der Waals surface area contributed by atoms with Crippen molar-refractivity contribution in [1.29, 1.82) is 0 Å². The Morgan fingerprint density at radius 1 is 1.20 bits per heavy atom. The van der Waals surface area contributed by atoms with Crippen LogP contribution in [0.15, 0.2) is 54.8 Å². The Morgan fingerprint density at radius 3 is 2.80 bits per heavy atom. The predicted molar refractivity (Wildman–Crippen MR) is 83.0 cm³/mol. The van der Waals surface area contributed by atoms with Crippen LogP contribution in [0.2, 0.25) is 0 Å². The molecule has 0 fully saturated rings. The first-order chi connectivity index (χ1) is 9.66. The number of benzene rings is 1. The highest BCUT2D eigenvalue weighted by Crippen LogP contribution is 2.30.